The van der Waals surface area contributed by atoms with Crippen LogP contribution < -0.4 is 0 Å². The molecule has 2 fully saturated rings. The van der Waals surface area contributed by atoms with Crippen LogP contribution in [0, 0.1) is 5.92 Å². The molecule has 0 bridgehead atoms. The van der Waals surface area contributed by atoms with Gasteiger partial charge in [-0.15, -0.1) is 0 Å². The highest BCUT2D eigenvalue weighted by atomic mass is 19.4. The van der Waals surface area contributed by atoms with Crippen LogP contribution in [0.15, 0.2) is 0 Å². The van der Waals surface area contributed by atoms with Gasteiger partial charge >= 0.3 is 12.1 Å². The molecular formula is C12H18F3NO3. The molecule has 3 atom stereocenters. The number of ether oxygens (including phenoxy) is 1. The van der Waals surface area contributed by atoms with Crippen LogP contribution in [0.25, 0.3) is 0 Å². The number of morpholine rings is 1. The Labute approximate surface area is 109 Å². The largest absolute Gasteiger partial charge is 0.479 e. The SMILES string of the molecule is O=C(O)C1CN(C2CCCC(C(F)(F)F)C2)CCO1. The van der Waals surface area contributed by atoms with E-state index in [1.807, 2.05) is 4.90 Å². The summed E-state index contributed by atoms with van der Waals surface area (Å²) < 4.78 is 43.3. The zero-order chi connectivity index (χ0) is 14.0. The Morgan fingerprint density at radius 3 is 2.68 bits per heavy atom. The van der Waals surface area contributed by atoms with Gasteiger partial charge in [0, 0.05) is 19.1 Å². The maximum absolute atomic E-state index is 12.7. The number of carboxylic acids is 1. The molecule has 0 aromatic heterocycles. The molecule has 1 saturated heterocycles. The van der Waals surface area contributed by atoms with Gasteiger partial charge in [0.15, 0.2) is 6.10 Å². The topological polar surface area (TPSA) is 49.8 Å². The minimum absolute atomic E-state index is 0.0792. The molecule has 0 radical (unpaired) electrons. The molecule has 1 N–H and O–H groups in total. The Kier molecular flexibility index (Phi) is 4.35. The van der Waals surface area contributed by atoms with Crippen LogP contribution in [0.4, 0.5) is 13.2 Å². The van der Waals surface area contributed by atoms with Crippen LogP contribution in [0.5, 0.6) is 0 Å². The molecule has 0 aromatic rings. The van der Waals surface area contributed by atoms with Crippen molar-refractivity contribution in [2.24, 2.45) is 5.92 Å². The Morgan fingerprint density at radius 2 is 2.05 bits per heavy atom. The number of hydrogen-bond acceptors (Lipinski definition) is 3. The number of alkyl halides is 3. The van der Waals surface area contributed by atoms with E-state index in [-0.39, 0.29) is 32.0 Å². The second kappa shape index (κ2) is 5.66. The average Bonchev–Trinajstić information content (AvgIpc) is 2.38. The third kappa shape index (κ3) is 3.60. The molecule has 1 heterocycles. The van der Waals surface area contributed by atoms with Gasteiger partial charge in [0.05, 0.1) is 12.5 Å². The summed E-state index contributed by atoms with van der Waals surface area (Å²) in [5.41, 5.74) is 0. The normalized spacial score (nSPS) is 34.2. The van der Waals surface area contributed by atoms with E-state index < -0.39 is 24.2 Å². The average molecular weight is 281 g/mol. The zero-order valence-corrected chi connectivity index (χ0v) is 10.5. The Hall–Kier alpha value is -0.820. The monoisotopic (exact) mass is 281 g/mol. The summed E-state index contributed by atoms with van der Waals surface area (Å²) in [7, 11) is 0. The van der Waals surface area contributed by atoms with Gasteiger partial charge in [-0.2, -0.15) is 13.2 Å². The maximum atomic E-state index is 12.7. The Balaban J connectivity index is 1.95. The molecule has 1 aliphatic heterocycles. The van der Waals surface area contributed by atoms with E-state index in [1.165, 1.54) is 0 Å². The summed E-state index contributed by atoms with van der Waals surface area (Å²) in [6.45, 7) is 0.966. The van der Waals surface area contributed by atoms with E-state index in [0.717, 1.165) is 0 Å². The second-order valence-electron chi connectivity index (χ2n) is 5.25. The van der Waals surface area contributed by atoms with E-state index >= 15 is 0 Å². The highest BCUT2D eigenvalue weighted by Gasteiger charge is 2.44. The van der Waals surface area contributed by atoms with Crippen LogP contribution in [0.2, 0.25) is 0 Å². The van der Waals surface area contributed by atoms with E-state index in [4.69, 9.17) is 9.84 Å². The molecule has 0 amide bonds. The molecule has 4 nitrogen and oxygen atoms in total. The first-order valence-electron chi connectivity index (χ1n) is 6.53. The first-order chi connectivity index (χ1) is 8.88. The van der Waals surface area contributed by atoms with Crippen molar-refractivity contribution in [3.8, 4) is 0 Å². The first-order valence-corrected chi connectivity index (χ1v) is 6.53. The highest BCUT2D eigenvalue weighted by molar-refractivity contribution is 5.72. The molecule has 3 unspecified atom stereocenters. The summed E-state index contributed by atoms with van der Waals surface area (Å²) in [5, 5.41) is 8.90. The fraction of sp³-hybridized carbons (Fsp3) is 0.917. The molecule has 1 saturated carbocycles. The van der Waals surface area contributed by atoms with Crippen molar-refractivity contribution >= 4 is 5.97 Å². The second-order valence-corrected chi connectivity index (χ2v) is 5.25. The summed E-state index contributed by atoms with van der Waals surface area (Å²) in [6, 6.07) is -0.175. The highest BCUT2D eigenvalue weighted by Crippen LogP contribution is 2.39. The molecule has 19 heavy (non-hydrogen) atoms. The van der Waals surface area contributed by atoms with Gasteiger partial charge in [-0.3, -0.25) is 4.90 Å². The summed E-state index contributed by atoms with van der Waals surface area (Å²) >= 11 is 0. The van der Waals surface area contributed by atoms with Crippen molar-refractivity contribution in [2.75, 3.05) is 19.7 Å². The Bertz CT molecular complexity index is 335. The lowest BCUT2D eigenvalue weighted by Crippen LogP contribution is -2.52. The van der Waals surface area contributed by atoms with E-state index in [9.17, 15) is 18.0 Å². The number of rotatable bonds is 2. The lowest BCUT2D eigenvalue weighted by atomic mass is 9.84. The van der Waals surface area contributed by atoms with Gasteiger partial charge in [0.1, 0.15) is 0 Å². The number of nitrogens with zero attached hydrogens (tertiary/aromatic N) is 1. The predicted molar refractivity (Wildman–Crippen MR) is 60.7 cm³/mol. The molecule has 110 valence electrons. The minimum Gasteiger partial charge on any atom is -0.479 e. The zero-order valence-electron chi connectivity index (χ0n) is 10.5. The summed E-state index contributed by atoms with van der Waals surface area (Å²) in [5.74, 6) is -2.30. The molecule has 7 heteroatoms. The van der Waals surface area contributed by atoms with Crippen molar-refractivity contribution in [1.29, 1.82) is 0 Å². The van der Waals surface area contributed by atoms with Crippen molar-refractivity contribution in [3.05, 3.63) is 0 Å². The maximum Gasteiger partial charge on any atom is 0.391 e. The van der Waals surface area contributed by atoms with Gasteiger partial charge < -0.3 is 9.84 Å². The van der Waals surface area contributed by atoms with Gasteiger partial charge in [-0.1, -0.05) is 6.42 Å². The fourth-order valence-corrected chi connectivity index (χ4v) is 2.94. The van der Waals surface area contributed by atoms with Gasteiger partial charge in [0.2, 0.25) is 0 Å². The van der Waals surface area contributed by atoms with Crippen molar-refractivity contribution in [2.45, 2.75) is 44.0 Å². The molecule has 0 aromatic carbocycles. The van der Waals surface area contributed by atoms with E-state index in [0.29, 0.717) is 19.4 Å². The molecule has 0 spiro atoms. The third-order valence-electron chi connectivity index (χ3n) is 4.00. The number of hydrogen-bond donors (Lipinski definition) is 1. The van der Waals surface area contributed by atoms with Crippen molar-refractivity contribution in [3.63, 3.8) is 0 Å². The number of carboxylic acid groups (broad SMARTS) is 1. The molecular weight excluding hydrogens is 263 g/mol. The molecule has 2 rings (SSSR count). The van der Waals surface area contributed by atoms with Gasteiger partial charge in [-0.25, -0.2) is 4.79 Å². The Morgan fingerprint density at radius 1 is 1.32 bits per heavy atom. The number of halogens is 3. The van der Waals surface area contributed by atoms with Crippen LogP contribution in [0.3, 0.4) is 0 Å². The number of aliphatic carboxylic acids is 1. The van der Waals surface area contributed by atoms with Crippen molar-refractivity contribution in [1.82, 2.24) is 4.90 Å². The standard InChI is InChI=1S/C12H18F3NO3/c13-12(14,15)8-2-1-3-9(6-8)16-4-5-19-10(7-16)11(17)18/h8-10H,1-7H2,(H,17,18). The fourth-order valence-electron chi connectivity index (χ4n) is 2.94. The van der Waals surface area contributed by atoms with Crippen LogP contribution in [0.1, 0.15) is 25.7 Å². The van der Waals surface area contributed by atoms with Crippen LogP contribution in [-0.4, -0.2) is 54.0 Å². The smallest absolute Gasteiger partial charge is 0.391 e. The predicted octanol–water partition coefficient (Wildman–Crippen LogP) is 1.89. The van der Waals surface area contributed by atoms with E-state index in [1.54, 1.807) is 0 Å². The van der Waals surface area contributed by atoms with E-state index in [2.05, 4.69) is 0 Å². The molecule has 1 aliphatic carbocycles. The summed E-state index contributed by atoms with van der Waals surface area (Å²) in [6.07, 6.45) is -3.54. The lowest BCUT2D eigenvalue weighted by Gasteiger charge is -2.41. The van der Waals surface area contributed by atoms with Gasteiger partial charge in [0.25, 0.3) is 0 Å². The number of carbonyl (C=O) groups is 1. The lowest BCUT2D eigenvalue weighted by molar-refractivity contribution is -0.189. The van der Waals surface area contributed by atoms with Crippen LogP contribution >= 0.6 is 0 Å². The summed E-state index contributed by atoms with van der Waals surface area (Å²) in [4.78, 5) is 12.7. The minimum atomic E-state index is -4.14. The first kappa shape index (κ1) is 14.6. The van der Waals surface area contributed by atoms with Crippen molar-refractivity contribution < 1.29 is 27.8 Å². The van der Waals surface area contributed by atoms with Crippen LogP contribution in [-0.2, 0) is 9.53 Å². The van der Waals surface area contributed by atoms with Gasteiger partial charge in [-0.05, 0) is 19.3 Å². The molecule has 2 aliphatic rings. The third-order valence-corrected chi connectivity index (χ3v) is 4.00. The quantitative estimate of drug-likeness (QED) is 0.840.